The SMILES string of the molecule is Cc1cc2c(NCCc3ccc(O)cc3)nc(Cl)nc2s1. The Labute approximate surface area is 131 Å². The molecule has 4 nitrogen and oxygen atoms in total. The van der Waals surface area contributed by atoms with Gasteiger partial charge in [0.2, 0.25) is 5.28 Å². The largest absolute Gasteiger partial charge is 0.508 e. The number of benzene rings is 1. The van der Waals surface area contributed by atoms with E-state index in [-0.39, 0.29) is 11.0 Å². The maximum Gasteiger partial charge on any atom is 0.225 e. The summed E-state index contributed by atoms with van der Waals surface area (Å²) >= 11 is 7.57. The predicted molar refractivity (Wildman–Crippen MR) is 87.5 cm³/mol. The number of hydrogen-bond acceptors (Lipinski definition) is 5. The Morgan fingerprint density at radius 2 is 2.00 bits per heavy atom. The summed E-state index contributed by atoms with van der Waals surface area (Å²) in [5.41, 5.74) is 1.15. The molecule has 1 aromatic carbocycles. The van der Waals surface area contributed by atoms with Crippen LogP contribution in [0.3, 0.4) is 0 Å². The topological polar surface area (TPSA) is 58.0 Å². The number of aryl methyl sites for hydroxylation is 1. The Morgan fingerprint density at radius 1 is 1.24 bits per heavy atom. The first-order chi connectivity index (χ1) is 10.1. The molecule has 2 aromatic heterocycles. The summed E-state index contributed by atoms with van der Waals surface area (Å²) in [5.74, 6) is 1.05. The predicted octanol–water partition coefficient (Wildman–Crippen LogP) is 4.01. The molecule has 0 atom stereocenters. The van der Waals surface area contributed by atoms with Crippen LogP contribution >= 0.6 is 22.9 Å². The highest BCUT2D eigenvalue weighted by Gasteiger charge is 2.09. The van der Waals surface area contributed by atoms with Crippen molar-refractivity contribution in [3.05, 3.63) is 46.1 Å². The van der Waals surface area contributed by atoms with E-state index in [0.717, 1.165) is 34.6 Å². The zero-order chi connectivity index (χ0) is 14.8. The standard InChI is InChI=1S/C15H14ClN3OS/c1-9-8-12-13(18-15(16)19-14(12)21-9)17-7-6-10-2-4-11(20)5-3-10/h2-5,8,20H,6-7H2,1H3,(H,17,18,19). The van der Waals surface area contributed by atoms with Crippen LogP contribution in [-0.4, -0.2) is 21.6 Å². The van der Waals surface area contributed by atoms with E-state index in [0.29, 0.717) is 0 Å². The monoisotopic (exact) mass is 319 g/mol. The number of rotatable bonds is 4. The fourth-order valence-electron chi connectivity index (χ4n) is 2.14. The van der Waals surface area contributed by atoms with Crippen LogP contribution in [0, 0.1) is 6.92 Å². The van der Waals surface area contributed by atoms with Gasteiger partial charge in [0, 0.05) is 11.4 Å². The highest BCUT2D eigenvalue weighted by Crippen LogP contribution is 2.29. The van der Waals surface area contributed by atoms with Crippen molar-refractivity contribution in [2.75, 3.05) is 11.9 Å². The summed E-state index contributed by atoms with van der Waals surface area (Å²) < 4.78 is 0. The molecular formula is C15H14ClN3OS. The molecule has 0 radical (unpaired) electrons. The van der Waals surface area contributed by atoms with Crippen molar-refractivity contribution in [1.82, 2.24) is 9.97 Å². The average molecular weight is 320 g/mol. The van der Waals surface area contributed by atoms with E-state index in [1.165, 1.54) is 4.88 Å². The minimum Gasteiger partial charge on any atom is -0.508 e. The van der Waals surface area contributed by atoms with Gasteiger partial charge in [-0.05, 0) is 48.7 Å². The number of fused-ring (bicyclic) bond motifs is 1. The lowest BCUT2D eigenvalue weighted by molar-refractivity contribution is 0.475. The van der Waals surface area contributed by atoms with Gasteiger partial charge in [-0.15, -0.1) is 11.3 Å². The molecule has 0 aliphatic heterocycles. The number of phenols is 1. The molecule has 0 fully saturated rings. The van der Waals surface area contributed by atoms with Crippen molar-refractivity contribution in [1.29, 1.82) is 0 Å². The van der Waals surface area contributed by atoms with Gasteiger partial charge in [-0.3, -0.25) is 0 Å². The lowest BCUT2D eigenvalue weighted by atomic mass is 10.1. The Bertz CT molecular complexity index is 770. The van der Waals surface area contributed by atoms with Crippen molar-refractivity contribution in [2.45, 2.75) is 13.3 Å². The second-order valence-electron chi connectivity index (χ2n) is 4.76. The van der Waals surface area contributed by atoms with E-state index < -0.39 is 0 Å². The van der Waals surface area contributed by atoms with Crippen LogP contribution in [0.15, 0.2) is 30.3 Å². The van der Waals surface area contributed by atoms with E-state index in [1.807, 2.05) is 19.1 Å². The summed E-state index contributed by atoms with van der Waals surface area (Å²) in [6.07, 6.45) is 0.840. The quantitative estimate of drug-likeness (QED) is 0.713. The van der Waals surface area contributed by atoms with Crippen LogP contribution in [0.5, 0.6) is 5.75 Å². The zero-order valence-corrected chi connectivity index (χ0v) is 13.0. The Balaban J connectivity index is 1.74. The third-order valence-corrected chi connectivity index (χ3v) is 4.24. The van der Waals surface area contributed by atoms with Crippen LogP contribution in [0.1, 0.15) is 10.4 Å². The molecule has 0 bridgehead atoms. The van der Waals surface area contributed by atoms with Gasteiger partial charge in [0.05, 0.1) is 5.39 Å². The summed E-state index contributed by atoms with van der Waals surface area (Å²) in [5, 5.41) is 13.8. The molecule has 0 saturated heterocycles. The van der Waals surface area contributed by atoms with Crippen molar-refractivity contribution < 1.29 is 5.11 Å². The molecule has 3 aromatic rings. The van der Waals surface area contributed by atoms with Crippen molar-refractivity contribution in [2.24, 2.45) is 0 Å². The first kappa shape index (κ1) is 14.1. The molecule has 0 aliphatic rings. The fraction of sp³-hybridized carbons (Fsp3) is 0.200. The smallest absolute Gasteiger partial charge is 0.225 e. The second kappa shape index (κ2) is 5.87. The number of aromatic hydroxyl groups is 1. The molecule has 6 heteroatoms. The molecule has 0 aliphatic carbocycles. The van der Waals surface area contributed by atoms with Crippen LogP contribution < -0.4 is 5.32 Å². The van der Waals surface area contributed by atoms with Gasteiger partial charge in [0.1, 0.15) is 16.4 Å². The zero-order valence-electron chi connectivity index (χ0n) is 11.4. The molecule has 108 valence electrons. The number of phenolic OH excluding ortho intramolecular Hbond substituents is 1. The van der Waals surface area contributed by atoms with Crippen LogP contribution in [0.2, 0.25) is 5.28 Å². The molecule has 0 amide bonds. The van der Waals surface area contributed by atoms with Gasteiger partial charge in [0.15, 0.2) is 0 Å². The Hall–Kier alpha value is -1.85. The second-order valence-corrected chi connectivity index (χ2v) is 6.33. The first-order valence-corrected chi connectivity index (χ1v) is 7.77. The Morgan fingerprint density at radius 3 is 2.76 bits per heavy atom. The van der Waals surface area contributed by atoms with E-state index in [2.05, 4.69) is 21.4 Å². The van der Waals surface area contributed by atoms with E-state index in [1.54, 1.807) is 23.5 Å². The summed E-state index contributed by atoms with van der Waals surface area (Å²) in [6.45, 7) is 2.78. The molecule has 0 saturated carbocycles. The number of nitrogens with zero attached hydrogens (tertiary/aromatic N) is 2. The average Bonchev–Trinajstić information content (AvgIpc) is 2.81. The van der Waals surface area contributed by atoms with Gasteiger partial charge in [-0.25, -0.2) is 9.97 Å². The molecule has 2 heterocycles. The summed E-state index contributed by atoms with van der Waals surface area (Å²) in [6, 6.07) is 9.27. The van der Waals surface area contributed by atoms with Crippen molar-refractivity contribution in [3.63, 3.8) is 0 Å². The lowest BCUT2D eigenvalue weighted by Gasteiger charge is -2.07. The number of thiophene rings is 1. The third kappa shape index (κ3) is 3.25. The summed E-state index contributed by atoms with van der Waals surface area (Å²) in [7, 11) is 0. The number of nitrogens with one attached hydrogen (secondary N) is 1. The Kier molecular flexibility index (Phi) is 3.94. The molecular weight excluding hydrogens is 306 g/mol. The molecule has 0 spiro atoms. The van der Waals surface area contributed by atoms with Crippen LogP contribution in [0.4, 0.5) is 5.82 Å². The maximum absolute atomic E-state index is 9.27. The number of anilines is 1. The van der Waals surface area contributed by atoms with E-state index in [4.69, 9.17) is 11.6 Å². The minimum absolute atomic E-state index is 0.261. The van der Waals surface area contributed by atoms with Crippen LogP contribution in [0.25, 0.3) is 10.2 Å². The van der Waals surface area contributed by atoms with Crippen molar-refractivity contribution in [3.8, 4) is 5.75 Å². The minimum atomic E-state index is 0.261. The van der Waals surface area contributed by atoms with Gasteiger partial charge >= 0.3 is 0 Å². The van der Waals surface area contributed by atoms with Gasteiger partial charge in [0.25, 0.3) is 0 Å². The molecule has 2 N–H and O–H groups in total. The molecule has 3 rings (SSSR count). The number of aromatic nitrogens is 2. The lowest BCUT2D eigenvalue weighted by Crippen LogP contribution is -2.07. The van der Waals surface area contributed by atoms with Gasteiger partial charge < -0.3 is 10.4 Å². The summed E-state index contributed by atoms with van der Waals surface area (Å²) in [4.78, 5) is 10.6. The highest BCUT2D eigenvalue weighted by atomic mass is 35.5. The maximum atomic E-state index is 9.27. The number of hydrogen-bond donors (Lipinski definition) is 2. The first-order valence-electron chi connectivity index (χ1n) is 6.57. The highest BCUT2D eigenvalue weighted by molar-refractivity contribution is 7.18. The van der Waals surface area contributed by atoms with Gasteiger partial charge in [-0.1, -0.05) is 12.1 Å². The fourth-order valence-corrected chi connectivity index (χ4v) is 3.24. The van der Waals surface area contributed by atoms with Crippen LogP contribution in [-0.2, 0) is 6.42 Å². The molecule has 0 unspecified atom stereocenters. The number of halogens is 1. The normalized spacial score (nSPS) is 11.0. The van der Waals surface area contributed by atoms with Crippen molar-refractivity contribution >= 4 is 39.0 Å². The third-order valence-electron chi connectivity index (χ3n) is 3.13. The van der Waals surface area contributed by atoms with E-state index in [9.17, 15) is 5.11 Å². The van der Waals surface area contributed by atoms with Gasteiger partial charge in [-0.2, -0.15) is 0 Å². The van der Waals surface area contributed by atoms with E-state index >= 15 is 0 Å². The molecule has 21 heavy (non-hydrogen) atoms.